The summed E-state index contributed by atoms with van der Waals surface area (Å²) in [6.45, 7) is -0.237. The van der Waals surface area contributed by atoms with Crippen molar-refractivity contribution in [2.24, 2.45) is 0 Å². The molecule has 0 saturated carbocycles. The van der Waals surface area contributed by atoms with Gasteiger partial charge in [-0.3, -0.25) is 23.9 Å². The third kappa shape index (κ3) is 3.12. The molecule has 3 heterocycles. The second-order valence-corrected chi connectivity index (χ2v) is 6.69. The lowest BCUT2D eigenvalue weighted by atomic mass is 9.91. The van der Waals surface area contributed by atoms with Gasteiger partial charge in [0.1, 0.15) is 11.4 Å². The first-order valence-corrected chi connectivity index (χ1v) is 8.81. The van der Waals surface area contributed by atoms with Gasteiger partial charge >= 0.3 is 11.9 Å². The van der Waals surface area contributed by atoms with Gasteiger partial charge in [0.15, 0.2) is 5.76 Å². The van der Waals surface area contributed by atoms with Crippen LogP contribution in [0.2, 0.25) is 0 Å². The van der Waals surface area contributed by atoms with E-state index in [1.165, 1.54) is 6.07 Å². The maximum Gasteiger partial charge on any atom is 0.425 e. The van der Waals surface area contributed by atoms with Crippen LogP contribution in [0.4, 0.5) is 19.0 Å². The predicted molar refractivity (Wildman–Crippen MR) is 99.4 cm³/mol. The lowest BCUT2D eigenvalue weighted by Gasteiger charge is -2.29. The van der Waals surface area contributed by atoms with Crippen molar-refractivity contribution in [2.75, 3.05) is 5.32 Å². The summed E-state index contributed by atoms with van der Waals surface area (Å²) < 4.78 is 48.3. The van der Waals surface area contributed by atoms with E-state index in [0.29, 0.717) is 5.56 Å². The molecule has 1 aromatic carbocycles. The Morgan fingerprint density at radius 2 is 1.81 bits per heavy atom. The minimum atomic E-state index is -5.42. The van der Waals surface area contributed by atoms with E-state index in [-0.39, 0.29) is 6.54 Å². The molecule has 3 aromatic rings. The summed E-state index contributed by atoms with van der Waals surface area (Å²) in [6, 6.07) is 10.6. The molecule has 9 nitrogen and oxygen atoms in total. The van der Waals surface area contributed by atoms with Crippen molar-refractivity contribution >= 4 is 17.6 Å². The van der Waals surface area contributed by atoms with Crippen LogP contribution in [-0.2, 0) is 16.9 Å². The summed E-state index contributed by atoms with van der Waals surface area (Å²) in [5, 5.41) is 3.54. The number of hydrogen-bond donors (Lipinski definition) is 3. The van der Waals surface area contributed by atoms with Crippen LogP contribution in [0.3, 0.4) is 0 Å². The van der Waals surface area contributed by atoms with Gasteiger partial charge in [-0.2, -0.15) is 13.2 Å². The Morgan fingerprint density at radius 3 is 2.42 bits per heavy atom. The molecule has 0 spiro atoms. The summed E-state index contributed by atoms with van der Waals surface area (Å²) in [6.07, 6.45) is -4.37. The van der Waals surface area contributed by atoms with E-state index >= 15 is 0 Å². The Morgan fingerprint density at radius 1 is 1.10 bits per heavy atom. The zero-order valence-electron chi connectivity index (χ0n) is 15.4. The van der Waals surface area contributed by atoms with Crippen LogP contribution < -0.4 is 21.9 Å². The number of alkyl halides is 3. The third-order valence-electron chi connectivity index (χ3n) is 4.80. The highest BCUT2D eigenvalue weighted by atomic mass is 19.4. The standard InChI is InChI=1S/C19H13F3N4O5/c20-19(21,22)18(25-14(27)11-7-4-8-31-11)12-13(23-16(18)29)26(17(30)24-15(12)28)9-10-5-2-1-3-6-10/h1-8H,9H2,(H,23,29)(H,25,27)(H,24,28,30)/t18-/m0/s1. The number of carbonyl (C=O) groups excluding carboxylic acids is 2. The third-order valence-corrected chi connectivity index (χ3v) is 4.80. The van der Waals surface area contributed by atoms with E-state index in [2.05, 4.69) is 0 Å². The SMILES string of the molecule is O=C(N[C@]1(C(F)(F)F)C(=O)Nc2c1c(=O)[nH]c(=O)n2Cc1ccccc1)c1ccco1. The predicted octanol–water partition coefficient (Wildman–Crippen LogP) is 1.32. The molecule has 2 amide bonds. The van der Waals surface area contributed by atoms with Crippen molar-refractivity contribution in [3.05, 3.63) is 86.5 Å². The number of anilines is 1. The van der Waals surface area contributed by atoms with E-state index in [0.717, 1.165) is 16.9 Å². The molecule has 12 heteroatoms. The fraction of sp³-hybridized carbons (Fsp3) is 0.158. The van der Waals surface area contributed by atoms with E-state index < -0.39 is 51.9 Å². The highest BCUT2D eigenvalue weighted by molar-refractivity contribution is 6.09. The molecular formula is C19H13F3N4O5. The maximum absolute atomic E-state index is 14.2. The summed E-state index contributed by atoms with van der Waals surface area (Å²) >= 11 is 0. The lowest BCUT2D eigenvalue weighted by molar-refractivity contribution is -0.196. The molecule has 0 unspecified atom stereocenters. The zero-order chi connectivity index (χ0) is 22.4. The van der Waals surface area contributed by atoms with Gasteiger partial charge in [0, 0.05) is 0 Å². The number of fused-ring (bicyclic) bond motifs is 1. The number of halogens is 3. The molecule has 4 rings (SSSR count). The molecule has 2 aromatic heterocycles. The monoisotopic (exact) mass is 434 g/mol. The van der Waals surface area contributed by atoms with E-state index in [1.807, 2.05) is 5.32 Å². The first-order chi connectivity index (χ1) is 14.6. The smallest absolute Gasteiger partial charge is 0.425 e. The second-order valence-electron chi connectivity index (χ2n) is 6.69. The number of H-pyrrole nitrogens is 1. The van der Waals surface area contributed by atoms with Crippen LogP contribution in [0.1, 0.15) is 21.7 Å². The number of aromatic nitrogens is 2. The van der Waals surface area contributed by atoms with Crippen LogP contribution in [-0.4, -0.2) is 27.5 Å². The number of benzene rings is 1. The van der Waals surface area contributed by atoms with Gasteiger partial charge in [0.25, 0.3) is 22.9 Å². The lowest BCUT2D eigenvalue weighted by Crippen LogP contribution is -2.62. The van der Waals surface area contributed by atoms with Crippen LogP contribution in [0.5, 0.6) is 0 Å². The Bertz CT molecular complexity index is 1280. The van der Waals surface area contributed by atoms with Gasteiger partial charge in [-0.25, -0.2) is 4.79 Å². The fourth-order valence-electron chi connectivity index (χ4n) is 3.38. The van der Waals surface area contributed by atoms with Crippen LogP contribution >= 0.6 is 0 Å². The zero-order valence-corrected chi connectivity index (χ0v) is 15.4. The molecule has 0 saturated heterocycles. The van der Waals surface area contributed by atoms with Crippen molar-refractivity contribution in [3.63, 3.8) is 0 Å². The molecule has 0 bridgehead atoms. The van der Waals surface area contributed by atoms with Gasteiger partial charge < -0.3 is 15.1 Å². The number of nitrogens with one attached hydrogen (secondary N) is 3. The Hall–Kier alpha value is -4.09. The molecule has 3 N–H and O–H groups in total. The number of aromatic amines is 1. The number of nitrogens with zero attached hydrogens (tertiary/aromatic N) is 1. The number of amides is 2. The highest BCUT2D eigenvalue weighted by Crippen LogP contribution is 2.45. The minimum absolute atomic E-state index is 0.237. The highest BCUT2D eigenvalue weighted by Gasteiger charge is 2.68. The number of hydrogen-bond acceptors (Lipinski definition) is 5. The summed E-state index contributed by atoms with van der Waals surface area (Å²) in [5.74, 6) is -4.25. The van der Waals surface area contributed by atoms with Crippen LogP contribution in [0.25, 0.3) is 0 Å². The maximum atomic E-state index is 14.2. The van der Waals surface area contributed by atoms with E-state index in [1.54, 1.807) is 40.6 Å². The van der Waals surface area contributed by atoms with Crippen molar-refractivity contribution in [1.29, 1.82) is 0 Å². The van der Waals surface area contributed by atoms with Gasteiger partial charge in [0.2, 0.25) is 0 Å². The molecule has 31 heavy (non-hydrogen) atoms. The molecule has 1 atom stereocenters. The molecule has 1 aliphatic rings. The number of carbonyl (C=O) groups is 2. The average Bonchev–Trinajstić information content (AvgIpc) is 3.33. The van der Waals surface area contributed by atoms with Crippen molar-refractivity contribution in [3.8, 4) is 0 Å². The average molecular weight is 434 g/mol. The normalized spacial score (nSPS) is 17.8. The molecular weight excluding hydrogens is 421 g/mol. The first-order valence-electron chi connectivity index (χ1n) is 8.81. The van der Waals surface area contributed by atoms with E-state index in [4.69, 9.17) is 4.42 Å². The van der Waals surface area contributed by atoms with Gasteiger partial charge in [-0.1, -0.05) is 30.3 Å². The Balaban J connectivity index is 1.92. The minimum Gasteiger partial charge on any atom is -0.459 e. The van der Waals surface area contributed by atoms with Gasteiger partial charge in [-0.05, 0) is 17.7 Å². The Labute approximate surface area is 170 Å². The number of furan rings is 1. The summed E-state index contributed by atoms with van der Waals surface area (Å²) in [7, 11) is 0. The fourth-order valence-corrected chi connectivity index (χ4v) is 3.38. The number of rotatable bonds is 4. The van der Waals surface area contributed by atoms with Crippen molar-refractivity contribution < 1.29 is 27.2 Å². The van der Waals surface area contributed by atoms with E-state index in [9.17, 15) is 32.3 Å². The largest absolute Gasteiger partial charge is 0.459 e. The van der Waals surface area contributed by atoms with Crippen LogP contribution in [0.15, 0.2) is 62.7 Å². The van der Waals surface area contributed by atoms with Crippen LogP contribution in [0, 0.1) is 0 Å². The molecule has 0 radical (unpaired) electrons. The first kappa shape index (κ1) is 20.2. The molecule has 0 aliphatic carbocycles. The second kappa shape index (κ2) is 7.00. The summed E-state index contributed by atoms with van der Waals surface area (Å²) in [4.78, 5) is 51.6. The van der Waals surface area contributed by atoms with Crippen molar-refractivity contribution in [2.45, 2.75) is 18.3 Å². The molecule has 0 fully saturated rings. The van der Waals surface area contributed by atoms with Gasteiger partial charge in [-0.15, -0.1) is 0 Å². The van der Waals surface area contributed by atoms with Gasteiger partial charge in [0.05, 0.1) is 12.8 Å². The Kier molecular flexibility index (Phi) is 4.56. The molecule has 1 aliphatic heterocycles. The topological polar surface area (TPSA) is 126 Å². The quantitative estimate of drug-likeness (QED) is 0.571. The summed E-state index contributed by atoms with van der Waals surface area (Å²) in [5.41, 5.74) is -6.83. The molecule has 160 valence electrons. The van der Waals surface area contributed by atoms with Crippen molar-refractivity contribution in [1.82, 2.24) is 14.9 Å².